The van der Waals surface area contributed by atoms with E-state index in [1.807, 2.05) is 6.07 Å². The smallest absolute Gasteiger partial charge is 0.547 e. The van der Waals surface area contributed by atoms with Crippen LogP contribution in [0.3, 0.4) is 0 Å². The first kappa shape index (κ1) is 12.7. The molecule has 0 saturated carbocycles. The molecule has 13 heavy (non-hydrogen) atoms. The van der Waals surface area contributed by atoms with Gasteiger partial charge in [-0.2, -0.15) is 0 Å². The minimum absolute atomic E-state index is 0. The van der Waals surface area contributed by atoms with Crippen LogP contribution in [-0.2, 0) is 9.53 Å². The number of rotatable bonds is 3. The predicted octanol–water partition coefficient (Wildman–Crippen LogP) is -2.87. The van der Waals surface area contributed by atoms with Gasteiger partial charge in [0.15, 0.2) is 0 Å². The maximum absolute atomic E-state index is 10.5. The number of hydrogen-bond donors (Lipinski definition) is 0. The van der Waals surface area contributed by atoms with Crippen LogP contribution in [0, 0.1) is 0 Å². The summed E-state index contributed by atoms with van der Waals surface area (Å²) in [6.45, 7) is 0. The number of methoxy groups -OCH3 is 1. The van der Waals surface area contributed by atoms with Gasteiger partial charge in [-0.25, -0.2) is 0 Å². The molecule has 0 fully saturated rings. The van der Waals surface area contributed by atoms with Crippen LogP contribution in [0.25, 0.3) is 0 Å². The van der Waals surface area contributed by atoms with Gasteiger partial charge in [0.25, 0.3) is 0 Å². The van der Waals surface area contributed by atoms with E-state index in [2.05, 4.69) is 0 Å². The molecular weight excluding hydrogens is 179 g/mol. The Morgan fingerprint density at radius 2 is 1.92 bits per heavy atom. The number of carbonyl (C=O) groups excluding carboxylic acids is 1. The van der Waals surface area contributed by atoms with E-state index < -0.39 is 12.1 Å². The van der Waals surface area contributed by atoms with Crippen LogP contribution in [0.5, 0.6) is 0 Å². The molecule has 0 bridgehead atoms. The van der Waals surface area contributed by atoms with Gasteiger partial charge in [-0.1, -0.05) is 30.3 Å². The van der Waals surface area contributed by atoms with Crippen LogP contribution in [-0.4, -0.2) is 13.1 Å². The summed E-state index contributed by atoms with van der Waals surface area (Å²) in [6.07, 6.45) is -0.966. The van der Waals surface area contributed by atoms with E-state index >= 15 is 0 Å². The summed E-state index contributed by atoms with van der Waals surface area (Å²) in [6, 6.07) is 8.69. The van der Waals surface area contributed by atoms with Gasteiger partial charge in [0.2, 0.25) is 0 Å². The number of carboxylic acids is 1. The molecule has 0 aliphatic rings. The van der Waals surface area contributed by atoms with Gasteiger partial charge in [-0.15, -0.1) is 0 Å². The van der Waals surface area contributed by atoms with Crippen molar-refractivity contribution in [2.75, 3.05) is 7.11 Å². The summed E-state index contributed by atoms with van der Waals surface area (Å²) in [5.41, 5.74) is 0.597. The molecule has 0 aliphatic heterocycles. The molecule has 0 aliphatic carbocycles. The number of benzene rings is 1. The maximum Gasteiger partial charge on any atom is 1.00 e. The summed E-state index contributed by atoms with van der Waals surface area (Å²) >= 11 is 0. The normalized spacial score (nSPS) is 11.5. The molecular formula is C9H9NaO3. The molecule has 64 valence electrons. The van der Waals surface area contributed by atoms with Crippen LogP contribution >= 0.6 is 0 Å². The van der Waals surface area contributed by atoms with E-state index in [4.69, 9.17) is 4.74 Å². The van der Waals surface area contributed by atoms with Crippen molar-refractivity contribution >= 4 is 5.97 Å². The fourth-order valence-electron chi connectivity index (χ4n) is 0.996. The van der Waals surface area contributed by atoms with E-state index in [9.17, 15) is 9.90 Å². The predicted molar refractivity (Wildman–Crippen MR) is 41.2 cm³/mol. The first-order chi connectivity index (χ1) is 5.75. The Morgan fingerprint density at radius 1 is 1.38 bits per heavy atom. The summed E-state index contributed by atoms with van der Waals surface area (Å²) in [4.78, 5) is 10.5. The molecule has 0 radical (unpaired) electrons. The van der Waals surface area contributed by atoms with Gasteiger partial charge < -0.3 is 14.6 Å². The number of carbonyl (C=O) groups is 1. The number of aliphatic carboxylic acids is 1. The molecule has 0 aromatic heterocycles. The Labute approximate surface area is 99.0 Å². The zero-order valence-electron chi connectivity index (χ0n) is 7.69. The molecule has 1 rings (SSSR count). The first-order valence-electron chi connectivity index (χ1n) is 3.54. The Kier molecular flexibility index (Phi) is 5.99. The quantitative estimate of drug-likeness (QED) is 0.479. The second-order valence-electron chi connectivity index (χ2n) is 2.35. The summed E-state index contributed by atoms with van der Waals surface area (Å²) in [5.74, 6) is -1.22. The van der Waals surface area contributed by atoms with Crippen molar-refractivity contribution in [3.8, 4) is 0 Å². The van der Waals surface area contributed by atoms with E-state index in [0.29, 0.717) is 5.56 Å². The molecule has 1 atom stereocenters. The molecule has 0 saturated heterocycles. The van der Waals surface area contributed by atoms with E-state index in [-0.39, 0.29) is 29.6 Å². The zero-order valence-corrected chi connectivity index (χ0v) is 9.69. The average molecular weight is 188 g/mol. The minimum atomic E-state index is -1.22. The third kappa shape index (κ3) is 3.48. The standard InChI is InChI=1S/C9H10O3.Na/c1-12-8(9(10)11)7-5-3-2-4-6-7;/h2-6,8H,1H3,(H,10,11);/q;+1/p-1/t8-;/m0./s1. The van der Waals surface area contributed by atoms with Crippen molar-refractivity contribution < 1.29 is 44.2 Å². The van der Waals surface area contributed by atoms with E-state index in [1.165, 1.54) is 7.11 Å². The van der Waals surface area contributed by atoms with Crippen molar-refractivity contribution in [3.05, 3.63) is 35.9 Å². The van der Waals surface area contributed by atoms with Crippen molar-refractivity contribution in [1.29, 1.82) is 0 Å². The van der Waals surface area contributed by atoms with E-state index in [0.717, 1.165) is 0 Å². The minimum Gasteiger partial charge on any atom is -0.547 e. The molecule has 0 heterocycles. The van der Waals surface area contributed by atoms with Gasteiger partial charge >= 0.3 is 29.6 Å². The monoisotopic (exact) mass is 188 g/mol. The molecule has 0 unspecified atom stereocenters. The van der Waals surface area contributed by atoms with Crippen LogP contribution in [0.1, 0.15) is 11.7 Å². The third-order valence-corrected chi connectivity index (χ3v) is 1.55. The fourth-order valence-corrected chi connectivity index (χ4v) is 0.996. The zero-order chi connectivity index (χ0) is 8.97. The van der Waals surface area contributed by atoms with Crippen molar-refractivity contribution in [1.82, 2.24) is 0 Å². The van der Waals surface area contributed by atoms with E-state index in [1.54, 1.807) is 24.3 Å². The van der Waals surface area contributed by atoms with Gasteiger partial charge in [0.1, 0.15) is 6.10 Å². The molecule has 0 amide bonds. The molecule has 3 nitrogen and oxygen atoms in total. The average Bonchev–Trinajstić information content (AvgIpc) is 2.07. The number of hydrogen-bond acceptors (Lipinski definition) is 3. The van der Waals surface area contributed by atoms with Crippen LogP contribution in [0.15, 0.2) is 30.3 Å². The van der Waals surface area contributed by atoms with Crippen LogP contribution < -0.4 is 34.7 Å². The van der Waals surface area contributed by atoms with Gasteiger partial charge in [0.05, 0.1) is 5.97 Å². The summed E-state index contributed by atoms with van der Waals surface area (Å²) in [5, 5.41) is 10.5. The second kappa shape index (κ2) is 6.16. The Bertz CT molecular complexity index is 261. The van der Waals surface area contributed by atoms with Crippen molar-refractivity contribution in [2.45, 2.75) is 6.10 Å². The van der Waals surface area contributed by atoms with Crippen molar-refractivity contribution in [2.24, 2.45) is 0 Å². The molecule has 1 aromatic rings. The first-order valence-corrected chi connectivity index (χ1v) is 3.54. The fraction of sp³-hybridized carbons (Fsp3) is 0.222. The van der Waals surface area contributed by atoms with Gasteiger partial charge in [-0.05, 0) is 5.56 Å². The third-order valence-electron chi connectivity index (χ3n) is 1.55. The molecule has 0 N–H and O–H groups in total. The maximum atomic E-state index is 10.5. The van der Waals surface area contributed by atoms with Crippen molar-refractivity contribution in [3.63, 3.8) is 0 Å². The Morgan fingerprint density at radius 3 is 2.31 bits per heavy atom. The van der Waals surface area contributed by atoms with Gasteiger partial charge in [-0.3, -0.25) is 0 Å². The topological polar surface area (TPSA) is 49.4 Å². The summed E-state index contributed by atoms with van der Waals surface area (Å²) < 4.78 is 4.74. The SMILES string of the molecule is CO[C@H](C(=O)[O-])c1ccccc1.[Na+]. The molecule has 4 heteroatoms. The second-order valence-corrected chi connectivity index (χ2v) is 2.35. The molecule has 0 spiro atoms. The van der Waals surface area contributed by atoms with Crippen LogP contribution in [0.4, 0.5) is 0 Å². The largest absolute Gasteiger partial charge is 1.00 e. The van der Waals surface area contributed by atoms with Crippen LogP contribution in [0.2, 0.25) is 0 Å². The number of ether oxygens (including phenoxy) is 1. The number of carboxylic acid groups (broad SMARTS) is 1. The Balaban J connectivity index is 0.00000144. The molecule has 1 aromatic carbocycles. The summed E-state index contributed by atoms with van der Waals surface area (Å²) in [7, 11) is 1.34. The van der Waals surface area contributed by atoms with Gasteiger partial charge in [0, 0.05) is 7.11 Å². The Hall–Kier alpha value is -0.350.